The molecule has 1 heterocycles. The van der Waals surface area contributed by atoms with E-state index in [4.69, 9.17) is 5.26 Å². The number of carbonyl (C=O) groups excluding carboxylic acids is 1. The van der Waals surface area contributed by atoms with Crippen LogP contribution in [0.3, 0.4) is 0 Å². The fraction of sp³-hybridized carbons (Fsp3) is 0.294. The molecule has 2 rings (SSSR count). The van der Waals surface area contributed by atoms with Crippen molar-refractivity contribution < 1.29 is 4.79 Å². The third-order valence-electron chi connectivity index (χ3n) is 3.40. The fourth-order valence-electron chi connectivity index (χ4n) is 1.93. The number of aromatic nitrogens is 2. The Kier molecular flexibility index (Phi) is 6.64. The van der Waals surface area contributed by atoms with Gasteiger partial charge in [-0.2, -0.15) is 5.26 Å². The first-order valence-electron chi connectivity index (χ1n) is 7.34. The zero-order chi connectivity index (χ0) is 17.5. The fourth-order valence-corrected chi connectivity index (χ4v) is 3.33. The van der Waals surface area contributed by atoms with Crippen LogP contribution in [0.5, 0.6) is 0 Å². The molecule has 0 aliphatic rings. The summed E-state index contributed by atoms with van der Waals surface area (Å²) >= 11 is 2.72. The van der Waals surface area contributed by atoms with Crippen LogP contribution < -0.4 is 5.32 Å². The van der Waals surface area contributed by atoms with E-state index < -0.39 is 0 Å². The molecule has 0 bridgehead atoms. The first kappa shape index (κ1) is 18.3. The van der Waals surface area contributed by atoms with E-state index in [-0.39, 0.29) is 11.7 Å². The number of nitriles is 1. The summed E-state index contributed by atoms with van der Waals surface area (Å²) in [5.74, 6) is 0.459. The zero-order valence-corrected chi connectivity index (χ0v) is 15.4. The Morgan fingerprint density at radius 3 is 2.50 bits per heavy atom. The summed E-state index contributed by atoms with van der Waals surface area (Å²) < 4.78 is 0. The van der Waals surface area contributed by atoms with E-state index in [0.29, 0.717) is 10.9 Å². The Balaban J connectivity index is 1.98. The molecule has 0 saturated carbocycles. The van der Waals surface area contributed by atoms with Gasteiger partial charge in [0.2, 0.25) is 5.91 Å². The number of nitrogens with zero attached hydrogens (tertiary/aromatic N) is 3. The van der Waals surface area contributed by atoms with Crippen molar-refractivity contribution in [2.45, 2.75) is 30.8 Å². The molecule has 24 heavy (non-hydrogen) atoms. The number of aryl methyl sites for hydroxylation is 2. The number of benzene rings is 1. The van der Waals surface area contributed by atoms with Crippen LogP contribution in [-0.4, -0.2) is 27.4 Å². The Bertz CT molecular complexity index is 763. The van der Waals surface area contributed by atoms with Crippen LogP contribution in [0.1, 0.15) is 17.0 Å². The lowest BCUT2D eigenvalue weighted by atomic mass is 10.2. The number of carbonyl (C=O) groups is 1. The van der Waals surface area contributed by atoms with Crippen molar-refractivity contribution in [1.29, 1.82) is 5.26 Å². The third kappa shape index (κ3) is 4.98. The molecule has 0 aliphatic carbocycles. The van der Waals surface area contributed by atoms with Crippen molar-refractivity contribution in [2.75, 3.05) is 16.8 Å². The number of rotatable bonds is 6. The lowest BCUT2D eigenvalue weighted by Crippen LogP contribution is -2.15. The molecule has 5 nitrogen and oxygen atoms in total. The first-order chi connectivity index (χ1) is 11.5. The molecule has 0 aliphatic heterocycles. The third-order valence-corrected chi connectivity index (χ3v) is 5.19. The molecule has 124 valence electrons. The van der Waals surface area contributed by atoms with E-state index in [0.717, 1.165) is 27.5 Å². The summed E-state index contributed by atoms with van der Waals surface area (Å²) in [5.41, 5.74) is 3.67. The largest absolute Gasteiger partial charge is 0.324 e. The predicted octanol–water partition coefficient (Wildman–Crippen LogP) is 3.75. The van der Waals surface area contributed by atoms with E-state index >= 15 is 0 Å². The monoisotopic (exact) mass is 358 g/mol. The summed E-state index contributed by atoms with van der Waals surface area (Å²) in [7, 11) is 0. The van der Waals surface area contributed by atoms with Gasteiger partial charge in [-0.1, -0.05) is 23.9 Å². The normalized spacial score (nSPS) is 10.2. The highest BCUT2D eigenvalue weighted by Gasteiger charge is 2.10. The minimum atomic E-state index is -0.121. The molecule has 0 saturated heterocycles. The number of hydrogen-bond donors (Lipinski definition) is 1. The molecule has 1 N–H and O–H groups in total. The van der Waals surface area contributed by atoms with Crippen LogP contribution >= 0.6 is 23.5 Å². The van der Waals surface area contributed by atoms with Crippen molar-refractivity contribution in [1.82, 2.24) is 9.97 Å². The molecule has 1 aromatic heterocycles. The Morgan fingerprint density at radius 2 is 1.83 bits per heavy atom. The molecule has 0 radical (unpaired) electrons. The van der Waals surface area contributed by atoms with Gasteiger partial charge in [-0.25, -0.2) is 9.97 Å². The second-order valence-electron chi connectivity index (χ2n) is 5.08. The van der Waals surface area contributed by atoms with E-state index in [2.05, 4.69) is 21.4 Å². The average Bonchev–Trinajstić information content (AvgIpc) is 2.57. The van der Waals surface area contributed by atoms with Crippen molar-refractivity contribution >= 4 is 35.1 Å². The molecular weight excluding hydrogens is 340 g/mol. The number of amides is 1. The Labute approximate surface area is 150 Å². The Hall–Kier alpha value is -2.04. The van der Waals surface area contributed by atoms with Gasteiger partial charge in [-0.05, 0) is 38.5 Å². The highest BCUT2D eigenvalue weighted by atomic mass is 32.2. The molecular formula is C17H18N4OS2. The van der Waals surface area contributed by atoms with Gasteiger partial charge >= 0.3 is 0 Å². The zero-order valence-electron chi connectivity index (χ0n) is 13.8. The summed E-state index contributed by atoms with van der Waals surface area (Å²) in [6, 6.07) is 9.55. The second-order valence-corrected chi connectivity index (χ2v) is 7.04. The van der Waals surface area contributed by atoms with Gasteiger partial charge in [0.15, 0.2) is 5.16 Å². The number of nitrogens with one attached hydrogen (secondary N) is 1. The summed E-state index contributed by atoms with van der Waals surface area (Å²) in [6.45, 7) is 5.87. The molecule has 1 amide bonds. The van der Waals surface area contributed by atoms with Gasteiger partial charge in [0.1, 0.15) is 0 Å². The maximum Gasteiger partial charge on any atom is 0.234 e. The molecule has 1 aromatic carbocycles. The molecule has 0 spiro atoms. The lowest BCUT2D eigenvalue weighted by Gasteiger charge is -2.10. The average molecular weight is 358 g/mol. The van der Waals surface area contributed by atoms with Gasteiger partial charge in [-0.15, -0.1) is 11.8 Å². The molecule has 0 fully saturated rings. The van der Waals surface area contributed by atoms with Crippen molar-refractivity contribution in [3.05, 3.63) is 41.2 Å². The van der Waals surface area contributed by atoms with Crippen LogP contribution in [0.4, 0.5) is 5.69 Å². The molecule has 0 atom stereocenters. The maximum atomic E-state index is 12.2. The minimum absolute atomic E-state index is 0.121. The van der Waals surface area contributed by atoms with E-state index in [1.165, 1.54) is 23.5 Å². The van der Waals surface area contributed by atoms with Crippen LogP contribution in [0.15, 0.2) is 34.3 Å². The molecule has 7 heteroatoms. The van der Waals surface area contributed by atoms with Crippen LogP contribution in [0.2, 0.25) is 0 Å². The highest BCUT2D eigenvalue weighted by molar-refractivity contribution is 8.00. The summed E-state index contributed by atoms with van der Waals surface area (Å²) in [6.07, 6.45) is 0. The van der Waals surface area contributed by atoms with Crippen molar-refractivity contribution in [3.63, 3.8) is 0 Å². The quantitative estimate of drug-likeness (QED) is 0.626. The van der Waals surface area contributed by atoms with Gasteiger partial charge in [0.25, 0.3) is 0 Å². The predicted molar refractivity (Wildman–Crippen MR) is 98.4 cm³/mol. The van der Waals surface area contributed by atoms with Crippen LogP contribution in [-0.2, 0) is 4.79 Å². The van der Waals surface area contributed by atoms with Crippen LogP contribution in [0, 0.1) is 32.1 Å². The van der Waals surface area contributed by atoms with E-state index in [1.54, 1.807) is 0 Å². The van der Waals surface area contributed by atoms with Gasteiger partial charge in [0.05, 0.1) is 23.3 Å². The number of thioether (sulfide) groups is 2. The lowest BCUT2D eigenvalue weighted by molar-refractivity contribution is -0.113. The first-order valence-corrected chi connectivity index (χ1v) is 9.31. The van der Waals surface area contributed by atoms with Gasteiger partial charge < -0.3 is 5.32 Å². The Morgan fingerprint density at radius 1 is 1.17 bits per heavy atom. The van der Waals surface area contributed by atoms with Crippen LogP contribution in [0.25, 0.3) is 0 Å². The smallest absolute Gasteiger partial charge is 0.234 e. The second kappa shape index (κ2) is 8.71. The van der Waals surface area contributed by atoms with Crippen molar-refractivity contribution in [3.8, 4) is 6.07 Å². The minimum Gasteiger partial charge on any atom is -0.324 e. The van der Waals surface area contributed by atoms with E-state index in [1.807, 2.05) is 45.0 Å². The highest BCUT2D eigenvalue weighted by Crippen LogP contribution is 2.27. The van der Waals surface area contributed by atoms with Gasteiger partial charge in [0, 0.05) is 16.3 Å². The maximum absolute atomic E-state index is 12.2. The van der Waals surface area contributed by atoms with Gasteiger partial charge in [-0.3, -0.25) is 4.79 Å². The summed E-state index contributed by atoms with van der Waals surface area (Å²) in [5, 5.41) is 12.2. The number of para-hydroxylation sites is 1. The number of hydrogen-bond acceptors (Lipinski definition) is 6. The SMILES string of the molecule is Cc1nc(SCC(=O)Nc2ccccc2SCC#N)nc(C)c1C. The molecule has 0 unspecified atom stereocenters. The van der Waals surface area contributed by atoms with E-state index in [9.17, 15) is 4.79 Å². The standard InChI is InChI=1S/C17H18N4OS2/c1-11-12(2)19-17(20-13(11)3)24-10-16(22)21-14-6-4-5-7-15(14)23-9-8-18/h4-7H,9-10H2,1-3H3,(H,21,22). The topological polar surface area (TPSA) is 78.7 Å². The summed E-state index contributed by atoms with van der Waals surface area (Å²) in [4.78, 5) is 21.9. The molecule has 2 aromatic rings. The van der Waals surface area contributed by atoms with Crippen molar-refractivity contribution in [2.24, 2.45) is 0 Å². The number of anilines is 1.